The molecule has 3 aromatic rings. The molecule has 0 unspecified atom stereocenters. The van der Waals surface area contributed by atoms with Crippen LogP contribution >= 0.6 is 0 Å². The minimum atomic E-state index is -0.0524. The molecule has 1 saturated heterocycles. The van der Waals surface area contributed by atoms with E-state index in [1.807, 2.05) is 24.4 Å². The number of fused-ring (bicyclic) bond motifs is 1. The molecule has 2 aliphatic rings. The Kier molecular flexibility index (Phi) is 4.55. The maximum atomic E-state index is 12.0. The molecule has 5 rings (SSSR count). The fraction of sp³-hybridized carbons (Fsp3) is 0.318. The molecule has 9 heteroatoms. The number of hydrogen-bond donors (Lipinski definition) is 2. The van der Waals surface area contributed by atoms with Crippen LogP contribution in [-0.4, -0.2) is 46.5 Å². The summed E-state index contributed by atoms with van der Waals surface area (Å²) in [5.41, 5.74) is 3.81. The maximum absolute atomic E-state index is 12.0. The Morgan fingerprint density at radius 2 is 1.97 bits per heavy atom. The van der Waals surface area contributed by atoms with Crippen molar-refractivity contribution in [2.24, 2.45) is 11.8 Å². The summed E-state index contributed by atoms with van der Waals surface area (Å²) in [6.07, 6.45) is 5.40. The number of nitrogens with zero attached hydrogens (tertiary/aromatic N) is 5. The topological polar surface area (TPSA) is 115 Å². The van der Waals surface area contributed by atoms with Crippen molar-refractivity contribution in [2.75, 3.05) is 30.4 Å². The Bertz CT molecular complexity index is 1230. The van der Waals surface area contributed by atoms with Gasteiger partial charge in [0.25, 0.3) is 0 Å². The molecule has 0 radical (unpaired) electrons. The summed E-state index contributed by atoms with van der Waals surface area (Å²) in [5, 5.41) is 19.3. The highest BCUT2D eigenvalue weighted by Gasteiger charge is 2.34. The minimum Gasteiger partial charge on any atom is -0.368 e. The van der Waals surface area contributed by atoms with Crippen molar-refractivity contribution in [3.8, 4) is 17.2 Å². The summed E-state index contributed by atoms with van der Waals surface area (Å²) in [6.45, 7) is 1.21. The third kappa shape index (κ3) is 3.57. The molecule has 2 amide bonds. The van der Waals surface area contributed by atoms with Crippen LogP contribution in [-0.2, 0) is 9.59 Å². The van der Waals surface area contributed by atoms with Gasteiger partial charge in [-0.2, -0.15) is 10.4 Å². The van der Waals surface area contributed by atoms with Crippen LogP contribution < -0.4 is 15.5 Å². The summed E-state index contributed by atoms with van der Waals surface area (Å²) in [6, 6.07) is 9.58. The lowest BCUT2D eigenvalue weighted by Crippen LogP contribution is -2.53. The fourth-order valence-electron chi connectivity index (χ4n) is 3.83. The number of nitrogens with one attached hydrogen (secondary N) is 2. The van der Waals surface area contributed by atoms with E-state index in [0.29, 0.717) is 24.6 Å². The van der Waals surface area contributed by atoms with Crippen LogP contribution in [0.5, 0.6) is 0 Å². The lowest BCUT2D eigenvalue weighted by atomic mass is 9.95. The number of pyridine rings is 2. The van der Waals surface area contributed by atoms with E-state index in [1.165, 1.54) is 0 Å². The molecule has 156 valence electrons. The third-order valence-electron chi connectivity index (χ3n) is 5.81. The van der Waals surface area contributed by atoms with Gasteiger partial charge in [-0.05, 0) is 36.6 Å². The van der Waals surface area contributed by atoms with Crippen molar-refractivity contribution < 1.29 is 9.59 Å². The number of amides is 2. The SMILES string of the molecule is CNC(=O)C1CN(c2cnc(C#N)cc2-c2ccn3nc(NC(=O)C4CC4)cc3c2)C1. The number of rotatable bonds is 5. The summed E-state index contributed by atoms with van der Waals surface area (Å²) < 4.78 is 1.71. The molecule has 0 atom stereocenters. The summed E-state index contributed by atoms with van der Waals surface area (Å²) in [4.78, 5) is 30.2. The van der Waals surface area contributed by atoms with Gasteiger partial charge >= 0.3 is 0 Å². The Balaban J connectivity index is 1.46. The number of carbonyl (C=O) groups is 2. The second kappa shape index (κ2) is 7.40. The number of carbonyl (C=O) groups excluding carboxylic acids is 2. The number of hydrogen-bond acceptors (Lipinski definition) is 6. The molecule has 0 aromatic carbocycles. The average molecular weight is 415 g/mol. The Hall–Kier alpha value is -3.93. The Morgan fingerprint density at radius 3 is 2.68 bits per heavy atom. The zero-order valence-corrected chi connectivity index (χ0v) is 17.0. The molecule has 31 heavy (non-hydrogen) atoms. The average Bonchev–Trinajstić information content (AvgIpc) is 3.53. The Labute approximate surface area is 178 Å². The van der Waals surface area contributed by atoms with Crippen LogP contribution in [0.3, 0.4) is 0 Å². The fourth-order valence-corrected chi connectivity index (χ4v) is 3.83. The van der Waals surface area contributed by atoms with E-state index in [-0.39, 0.29) is 23.7 Å². The first kappa shape index (κ1) is 19.1. The number of nitriles is 1. The first-order chi connectivity index (χ1) is 15.1. The molecule has 1 saturated carbocycles. The highest BCUT2D eigenvalue weighted by Crippen LogP contribution is 2.36. The lowest BCUT2D eigenvalue weighted by Gasteiger charge is -2.40. The first-order valence-electron chi connectivity index (χ1n) is 10.2. The predicted octanol–water partition coefficient (Wildman–Crippen LogP) is 1.80. The van der Waals surface area contributed by atoms with Crippen molar-refractivity contribution in [1.29, 1.82) is 5.26 Å². The number of anilines is 2. The van der Waals surface area contributed by atoms with Gasteiger partial charge in [-0.3, -0.25) is 9.59 Å². The zero-order chi connectivity index (χ0) is 21.5. The van der Waals surface area contributed by atoms with Crippen molar-refractivity contribution in [1.82, 2.24) is 19.9 Å². The molecule has 3 aromatic heterocycles. The van der Waals surface area contributed by atoms with Gasteiger partial charge in [0, 0.05) is 43.9 Å². The van der Waals surface area contributed by atoms with Gasteiger partial charge < -0.3 is 15.5 Å². The van der Waals surface area contributed by atoms with Crippen LogP contribution in [0.4, 0.5) is 11.5 Å². The third-order valence-corrected chi connectivity index (χ3v) is 5.81. The van der Waals surface area contributed by atoms with E-state index < -0.39 is 0 Å². The molecule has 1 aliphatic heterocycles. The van der Waals surface area contributed by atoms with Crippen LogP contribution in [0.15, 0.2) is 36.7 Å². The maximum Gasteiger partial charge on any atom is 0.228 e. The standard InChI is InChI=1S/C22H21N7O2/c1-24-21(30)15-11-28(12-15)19-10-25-16(9-23)7-18(19)14-4-5-29-17(6-14)8-20(27-29)26-22(31)13-2-3-13/h4-8,10,13,15H,2-3,11-12H2,1H3,(H,24,30)(H,26,27,31). The van der Waals surface area contributed by atoms with Gasteiger partial charge in [-0.25, -0.2) is 9.50 Å². The van der Waals surface area contributed by atoms with E-state index in [2.05, 4.69) is 31.7 Å². The summed E-state index contributed by atoms with van der Waals surface area (Å²) >= 11 is 0. The molecule has 9 nitrogen and oxygen atoms in total. The van der Waals surface area contributed by atoms with E-state index >= 15 is 0 Å². The normalized spacial score (nSPS) is 15.9. The second-order valence-corrected chi connectivity index (χ2v) is 7.99. The van der Waals surface area contributed by atoms with E-state index in [9.17, 15) is 14.9 Å². The second-order valence-electron chi connectivity index (χ2n) is 7.99. The molecule has 1 aliphatic carbocycles. The molecular formula is C22H21N7O2. The minimum absolute atomic E-state index is 0.0159. The van der Waals surface area contributed by atoms with Gasteiger partial charge in [0.15, 0.2) is 5.82 Å². The molecule has 2 N–H and O–H groups in total. The monoisotopic (exact) mass is 415 g/mol. The van der Waals surface area contributed by atoms with Gasteiger partial charge in [0.2, 0.25) is 11.8 Å². The van der Waals surface area contributed by atoms with E-state index in [4.69, 9.17) is 0 Å². The molecule has 4 heterocycles. The summed E-state index contributed by atoms with van der Waals surface area (Å²) in [7, 11) is 1.64. The van der Waals surface area contributed by atoms with Crippen LogP contribution in [0.25, 0.3) is 16.6 Å². The van der Waals surface area contributed by atoms with Gasteiger partial charge in [0.05, 0.1) is 23.3 Å². The van der Waals surface area contributed by atoms with E-state index in [1.54, 1.807) is 23.8 Å². The smallest absolute Gasteiger partial charge is 0.228 e. The van der Waals surface area contributed by atoms with Crippen LogP contribution in [0, 0.1) is 23.2 Å². The Morgan fingerprint density at radius 1 is 1.16 bits per heavy atom. The van der Waals surface area contributed by atoms with Crippen molar-refractivity contribution in [3.05, 3.63) is 42.4 Å². The van der Waals surface area contributed by atoms with Gasteiger partial charge in [0.1, 0.15) is 11.8 Å². The molecule has 2 fully saturated rings. The highest BCUT2D eigenvalue weighted by atomic mass is 16.2. The quantitative estimate of drug-likeness (QED) is 0.657. The van der Waals surface area contributed by atoms with Crippen LogP contribution in [0.2, 0.25) is 0 Å². The lowest BCUT2D eigenvalue weighted by molar-refractivity contribution is -0.125. The highest BCUT2D eigenvalue weighted by molar-refractivity contribution is 5.94. The molecular weight excluding hydrogens is 394 g/mol. The van der Waals surface area contributed by atoms with Crippen molar-refractivity contribution >= 4 is 28.8 Å². The van der Waals surface area contributed by atoms with E-state index in [0.717, 1.165) is 35.2 Å². The number of aromatic nitrogens is 3. The molecule has 0 spiro atoms. The van der Waals surface area contributed by atoms with Crippen molar-refractivity contribution in [2.45, 2.75) is 12.8 Å². The largest absolute Gasteiger partial charge is 0.368 e. The van der Waals surface area contributed by atoms with Crippen molar-refractivity contribution in [3.63, 3.8) is 0 Å². The first-order valence-corrected chi connectivity index (χ1v) is 10.2. The summed E-state index contributed by atoms with van der Waals surface area (Å²) in [5.74, 6) is 0.628. The van der Waals surface area contributed by atoms with Crippen LogP contribution in [0.1, 0.15) is 18.5 Å². The zero-order valence-electron chi connectivity index (χ0n) is 17.0. The predicted molar refractivity (Wildman–Crippen MR) is 114 cm³/mol. The van der Waals surface area contributed by atoms with Gasteiger partial charge in [-0.1, -0.05) is 0 Å². The van der Waals surface area contributed by atoms with Gasteiger partial charge in [-0.15, -0.1) is 0 Å². The molecule has 0 bridgehead atoms.